The summed E-state index contributed by atoms with van der Waals surface area (Å²) in [6.45, 7) is 4.88. The van der Waals surface area contributed by atoms with Gasteiger partial charge in [-0.2, -0.15) is 0 Å². The first-order valence-electron chi connectivity index (χ1n) is 7.47. The third-order valence-electron chi connectivity index (χ3n) is 4.25. The highest BCUT2D eigenvalue weighted by Crippen LogP contribution is 2.30. The summed E-state index contributed by atoms with van der Waals surface area (Å²) in [6.07, 6.45) is 1.30. The van der Waals surface area contributed by atoms with Crippen molar-refractivity contribution < 1.29 is 8.78 Å². The molecule has 1 aromatic carbocycles. The molecule has 0 bridgehead atoms. The fourth-order valence-electron chi connectivity index (χ4n) is 3.15. The molecular weight excluding hydrogens is 258 g/mol. The number of benzene rings is 1. The van der Waals surface area contributed by atoms with Gasteiger partial charge in [0.25, 0.3) is 6.43 Å². The topological polar surface area (TPSA) is 29.3 Å². The van der Waals surface area contributed by atoms with Gasteiger partial charge in [-0.25, -0.2) is 8.78 Å². The molecule has 2 rings (SSSR count). The third-order valence-corrected chi connectivity index (χ3v) is 4.25. The van der Waals surface area contributed by atoms with E-state index in [4.69, 9.17) is 5.73 Å². The lowest BCUT2D eigenvalue weighted by molar-refractivity contribution is 0.151. The van der Waals surface area contributed by atoms with Crippen molar-refractivity contribution in [1.29, 1.82) is 0 Å². The van der Waals surface area contributed by atoms with E-state index in [1.807, 2.05) is 0 Å². The van der Waals surface area contributed by atoms with E-state index in [9.17, 15) is 8.78 Å². The summed E-state index contributed by atoms with van der Waals surface area (Å²) in [5.41, 5.74) is 7.04. The second kappa shape index (κ2) is 7.14. The average Bonchev–Trinajstić information content (AvgIpc) is 2.89. The van der Waals surface area contributed by atoms with E-state index in [2.05, 4.69) is 11.8 Å². The van der Waals surface area contributed by atoms with E-state index >= 15 is 0 Å². The van der Waals surface area contributed by atoms with Gasteiger partial charge in [0, 0.05) is 24.7 Å². The Bertz CT molecular complexity index is 405. The standard InChI is InChI=1S/C16H24F2N2/c1-2-3-12-8-9-20(11-12)15(10-19)13-4-6-14(7-5-13)16(17)18/h4-7,12,15-16H,2-3,8-11,19H2,1H3. The second-order valence-electron chi connectivity index (χ2n) is 5.66. The molecule has 1 heterocycles. The Morgan fingerprint density at radius 3 is 2.45 bits per heavy atom. The lowest BCUT2D eigenvalue weighted by atomic mass is 10.0. The molecule has 1 aromatic rings. The van der Waals surface area contributed by atoms with Gasteiger partial charge in [-0.3, -0.25) is 4.90 Å². The Balaban J connectivity index is 2.04. The van der Waals surface area contributed by atoms with Crippen LogP contribution in [0.4, 0.5) is 8.78 Å². The van der Waals surface area contributed by atoms with Crippen LogP contribution in [-0.4, -0.2) is 24.5 Å². The summed E-state index contributed by atoms with van der Waals surface area (Å²) < 4.78 is 25.2. The summed E-state index contributed by atoms with van der Waals surface area (Å²) in [5.74, 6) is 0.759. The minimum Gasteiger partial charge on any atom is -0.329 e. The molecule has 1 aliphatic heterocycles. The number of hydrogen-bond donors (Lipinski definition) is 1. The first-order valence-corrected chi connectivity index (χ1v) is 7.47. The van der Waals surface area contributed by atoms with Crippen molar-refractivity contribution in [3.8, 4) is 0 Å². The van der Waals surface area contributed by atoms with Crippen LogP contribution in [0.25, 0.3) is 0 Å². The second-order valence-corrected chi connectivity index (χ2v) is 5.66. The van der Waals surface area contributed by atoms with Crippen molar-refractivity contribution in [1.82, 2.24) is 4.90 Å². The Morgan fingerprint density at radius 1 is 1.25 bits per heavy atom. The number of rotatable bonds is 6. The molecule has 0 aromatic heterocycles. The number of hydrogen-bond acceptors (Lipinski definition) is 2. The molecule has 2 N–H and O–H groups in total. The number of halogens is 2. The maximum absolute atomic E-state index is 12.6. The molecule has 0 radical (unpaired) electrons. The zero-order valence-electron chi connectivity index (χ0n) is 12.1. The largest absolute Gasteiger partial charge is 0.329 e. The predicted molar refractivity (Wildman–Crippen MR) is 77.8 cm³/mol. The fraction of sp³-hybridized carbons (Fsp3) is 0.625. The van der Waals surface area contributed by atoms with E-state index in [0.29, 0.717) is 6.54 Å². The van der Waals surface area contributed by atoms with Crippen LogP contribution in [0.5, 0.6) is 0 Å². The summed E-state index contributed by atoms with van der Waals surface area (Å²) in [7, 11) is 0. The summed E-state index contributed by atoms with van der Waals surface area (Å²) in [5, 5.41) is 0. The van der Waals surface area contributed by atoms with Crippen molar-refractivity contribution in [3.05, 3.63) is 35.4 Å². The van der Waals surface area contributed by atoms with E-state index in [1.54, 1.807) is 12.1 Å². The zero-order valence-corrected chi connectivity index (χ0v) is 12.1. The van der Waals surface area contributed by atoms with Crippen LogP contribution in [0.15, 0.2) is 24.3 Å². The molecule has 20 heavy (non-hydrogen) atoms. The minimum atomic E-state index is -2.40. The average molecular weight is 282 g/mol. The van der Waals surface area contributed by atoms with Crippen molar-refractivity contribution in [2.24, 2.45) is 11.7 Å². The van der Waals surface area contributed by atoms with Gasteiger partial charge < -0.3 is 5.73 Å². The molecule has 2 nitrogen and oxygen atoms in total. The van der Waals surface area contributed by atoms with Gasteiger partial charge >= 0.3 is 0 Å². The Morgan fingerprint density at radius 2 is 1.90 bits per heavy atom. The third kappa shape index (κ3) is 3.55. The van der Waals surface area contributed by atoms with E-state index < -0.39 is 6.43 Å². The van der Waals surface area contributed by atoms with Crippen LogP contribution in [0.1, 0.15) is 49.8 Å². The maximum atomic E-state index is 12.6. The summed E-state index contributed by atoms with van der Waals surface area (Å²) in [6, 6.07) is 6.78. The molecule has 2 atom stereocenters. The van der Waals surface area contributed by atoms with E-state index in [-0.39, 0.29) is 11.6 Å². The molecule has 0 amide bonds. The molecule has 0 aliphatic carbocycles. The van der Waals surface area contributed by atoms with Gasteiger partial charge in [-0.1, -0.05) is 37.6 Å². The smallest absolute Gasteiger partial charge is 0.263 e. The zero-order chi connectivity index (χ0) is 14.5. The lowest BCUT2D eigenvalue weighted by Crippen LogP contribution is -2.32. The monoisotopic (exact) mass is 282 g/mol. The highest BCUT2D eigenvalue weighted by Gasteiger charge is 2.27. The number of alkyl halides is 2. The van der Waals surface area contributed by atoms with Crippen molar-refractivity contribution in [3.63, 3.8) is 0 Å². The molecule has 0 saturated carbocycles. The molecule has 1 saturated heterocycles. The van der Waals surface area contributed by atoms with Crippen LogP contribution in [0.3, 0.4) is 0 Å². The van der Waals surface area contributed by atoms with Crippen LogP contribution in [0, 0.1) is 5.92 Å². The quantitative estimate of drug-likeness (QED) is 0.861. The van der Waals surface area contributed by atoms with Gasteiger partial charge in [0.05, 0.1) is 0 Å². The van der Waals surface area contributed by atoms with Gasteiger partial charge in [-0.15, -0.1) is 0 Å². The molecule has 4 heteroatoms. The Labute approximate surface area is 120 Å². The Hall–Kier alpha value is -1.00. The first-order chi connectivity index (χ1) is 9.65. The highest BCUT2D eigenvalue weighted by atomic mass is 19.3. The van der Waals surface area contributed by atoms with Crippen molar-refractivity contribution in [2.45, 2.75) is 38.7 Å². The number of nitrogens with zero attached hydrogens (tertiary/aromatic N) is 1. The SMILES string of the molecule is CCCC1CCN(C(CN)c2ccc(C(F)F)cc2)C1. The maximum Gasteiger partial charge on any atom is 0.263 e. The molecule has 112 valence electrons. The minimum absolute atomic E-state index is 0.0785. The highest BCUT2D eigenvalue weighted by molar-refractivity contribution is 5.26. The predicted octanol–water partition coefficient (Wildman–Crippen LogP) is 3.75. The molecule has 1 fully saturated rings. The molecule has 2 unspecified atom stereocenters. The van der Waals surface area contributed by atoms with Gasteiger partial charge in [0.1, 0.15) is 0 Å². The van der Waals surface area contributed by atoms with Gasteiger partial charge in [0.15, 0.2) is 0 Å². The van der Waals surface area contributed by atoms with E-state index in [0.717, 1.165) is 24.6 Å². The van der Waals surface area contributed by atoms with E-state index in [1.165, 1.54) is 31.4 Å². The van der Waals surface area contributed by atoms with Gasteiger partial charge in [0.2, 0.25) is 0 Å². The molecular formula is C16H24F2N2. The number of nitrogens with two attached hydrogens (primary N) is 1. The molecule has 0 spiro atoms. The van der Waals surface area contributed by atoms with Crippen molar-refractivity contribution >= 4 is 0 Å². The number of likely N-dealkylation sites (tertiary alicyclic amines) is 1. The molecule has 1 aliphatic rings. The lowest BCUT2D eigenvalue weighted by Gasteiger charge is -2.27. The van der Waals surface area contributed by atoms with Crippen LogP contribution >= 0.6 is 0 Å². The normalized spacial score (nSPS) is 21.6. The Kier molecular flexibility index (Phi) is 5.49. The summed E-state index contributed by atoms with van der Waals surface area (Å²) >= 11 is 0. The van der Waals surface area contributed by atoms with Gasteiger partial charge in [-0.05, 0) is 30.9 Å². The van der Waals surface area contributed by atoms with Crippen LogP contribution in [0.2, 0.25) is 0 Å². The fourth-order valence-corrected chi connectivity index (χ4v) is 3.15. The van der Waals surface area contributed by atoms with Crippen LogP contribution < -0.4 is 5.73 Å². The van der Waals surface area contributed by atoms with Crippen molar-refractivity contribution in [2.75, 3.05) is 19.6 Å². The summed E-state index contributed by atoms with van der Waals surface area (Å²) in [4.78, 5) is 2.40. The first kappa shape index (κ1) is 15.4. The van der Waals surface area contributed by atoms with Crippen LogP contribution in [-0.2, 0) is 0 Å².